The maximum Gasteiger partial charge on any atom is 0.273 e. The zero-order valence-electron chi connectivity index (χ0n) is 18.1. The van der Waals surface area contributed by atoms with Crippen LogP contribution in [-0.4, -0.2) is 23.0 Å². The largest absolute Gasteiger partial charge is 0.361 e. The molecule has 31 heavy (non-hydrogen) atoms. The minimum absolute atomic E-state index is 0.00619. The Labute approximate surface area is 182 Å². The van der Waals surface area contributed by atoms with Crippen molar-refractivity contribution in [2.45, 2.75) is 46.2 Å². The van der Waals surface area contributed by atoms with E-state index < -0.39 is 0 Å². The predicted octanol–water partition coefficient (Wildman–Crippen LogP) is 4.39. The normalized spacial score (nSPS) is 15.2. The second kappa shape index (κ2) is 8.76. The van der Waals surface area contributed by atoms with E-state index in [0.717, 1.165) is 29.7 Å². The van der Waals surface area contributed by atoms with Gasteiger partial charge in [-0.2, -0.15) is 0 Å². The van der Waals surface area contributed by atoms with Crippen LogP contribution in [0.5, 0.6) is 0 Å². The van der Waals surface area contributed by atoms with Gasteiger partial charge in [-0.25, -0.2) is 0 Å². The quantitative estimate of drug-likeness (QED) is 0.645. The van der Waals surface area contributed by atoms with Crippen LogP contribution >= 0.6 is 0 Å². The molecule has 6 nitrogen and oxygen atoms in total. The van der Waals surface area contributed by atoms with Gasteiger partial charge < -0.3 is 14.7 Å². The summed E-state index contributed by atoms with van der Waals surface area (Å²) in [6.07, 6.45) is 1.56. The van der Waals surface area contributed by atoms with E-state index in [1.54, 1.807) is 6.07 Å². The van der Waals surface area contributed by atoms with E-state index in [2.05, 4.69) is 31.2 Å². The molecular formula is C25H27N3O3. The van der Waals surface area contributed by atoms with Crippen LogP contribution in [0.15, 0.2) is 59.1 Å². The molecule has 2 aromatic carbocycles. The second-order valence-electron chi connectivity index (χ2n) is 8.52. The Hall–Kier alpha value is -3.41. The third-order valence-corrected chi connectivity index (χ3v) is 5.46. The summed E-state index contributed by atoms with van der Waals surface area (Å²) >= 11 is 0. The molecule has 1 atom stereocenters. The average Bonchev–Trinajstić information content (AvgIpc) is 3.35. The van der Waals surface area contributed by atoms with Crippen LogP contribution in [0.3, 0.4) is 0 Å². The summed E-state index contributed by atoms with van der Waals surface area (Å²) in [7, 11) is 0. The first-order chi connectivity index (χ1) is 14.9. The molecule has 0 fully saturated rings. The van der Waals surface area contributed by atoms with E-state index in [1.165, 1.54) is 0 Å². The number of amides is 2. The van der Waals surface area contributed by atoms with Gasteiger partial charge in [-0.05, 0) is 48.6 Å². The van der Waals surface area contributed by atoms with Crippen molar-refractivity contribution in [3.05, 3.63) is 82.7 Å². The third kappa shape index (κ3) is 4.53. The molecule has 0 spiro atoms. The van der Waals surface area contributed by atoms with Gasteiger partial charge in [0.05, 0.1) is 0 Å². The van der Waals surface area contributed by atoms with Gasteiger partial charge in [0.2, 0.25) is 0 Å². The molecule has 0 unspecified atom stereocenters. The van der Waals surface area contributed by atoms with Gasteiger partial charge in [-0.1, -0.05) is 49.3 Å². The van der Waals surface area contributed by atoms with Crippen molar-refractivity contribution in [3.63, 3.8) is 0 Å². The highest BCUT2D eigenvalue weighted by Gasteiger charge is 2.31. The molecule has 1 aliphatic rings. The van der Waals surface area contributed by atoms with Crippen molar-refractivity contribution < 1.29 is 14.1 Å². The molecule has 0 saturated heterocycles. The molecule has 2 amide bonds. The highest BCUT2D eigenvalue weighted by molar-refractivity contribution is 6.07. The highest BCUT2D eigenvalue weighted by Crippen LogP contribution is 2.34. The van der Waals surface area contributed by atoms with E-state index in [0.29, 0.717) is 23.8 Å². The van der Waals surface area contributed by atoms with Crippen molar-refractivity contribution >= 4 is 17.5 Å². The Kier molecular flexibility index (Phi) is 5.89. The monoisotopic (exact) mass is 417 g/mol. The second-order valence-corrected chi connectivity index (χ2v) is 8.52. The van der Waals surface area contributed by atoms with Gasteiger partial charge in [0.25, 0.3) is 11.8 Å². The number of hydrogen-bond donors (Lipinski definition) is 1. The number of carbonyl (C=O) groups excluding carboxylic acids is 2. The maximum absolute atomic E-state index is 13.1. The first kappa shape index (κ1) is 20.8. The van der Waals surface area contributed by atoms with Crippen molar-refractivity contribution in [2.75, 3.05) is 4.90 Å². The van der Waals surface area contributed by atoms with Crippen molar-refractivity contribution in [3.8, 4) is 0 Å². The summed E-state index contributed by atoms with van der Waals surface area (Å²) in [4.78, 5) is 27.4. The molecule has 0 bridgehead atoms. The highest BCUT2D eigenvalue weighted by atomic mass is 16.5. The van der Waals surface area contributed by atoms with E-state index in [9.17, 15) is 9.59 Å². The molecule has 1 N–H and O–H groups in total. The van der Waals surface area contributed by atoms with Gasteiger partial charge in [0.15, 0.2) is 5.69 Å². The summed E-state index contributed by atoms with van der Waals surface area (Å²) in [6.45, 7) is 6.58. The van der Waals surface area contributed by atoms with Crippen molar-refractivity contribution in [2.24, 2.45) is 5.92 Å². The van der Waals surface area contributed by atoms with Crippen LogP contribution in [0.4, 0.5) is 5.69 Å². The van der Waals surface area contributed by atoms with E-state index >= 15 is 0 Å². The molecule has 2 heterocycles. The molecule has 3 aromatic rings. The number of fused-ring (bicyclic) bond motifs is 1. The number of carbonyl (C=O) groups is 2. The SMILES string of the molecule is CC(C)Cc1cc(C(=O)NCc2ccc3c(c2)N(C(=O)c2ccccc2)[C@H](C)C3)no1. The fourth-order valence-corrected chi connectivity index (χ4v) is 3.98. The van der Waals surface area contributed by atoms with E-state index in [-0.39, 0.29) is 23.6 Å². The first-order valence-electron chi connectivity index (χ1n) is 10.7. The van der Waals surface area contributed by atoms with Gasteiger partial charge in [-0.15, -0.1) is 0 Å². The van der Waals surface area contributed by atoms with Crippen molar-refractivity contribution in [1.82, 2.24) is 10.5 Å². The summed E-state index contributed by atoms with van der Waals surface area (Å²) in [5.41, 5.74) is 3.93. The zero-order chi connectivity index (χ0) is 22.0. The molecule has 0 aliphatic carbocycles. The Balaban J connectivity index is 1.47. The van der Waals surface area contributed by atoms with Gasteiger partial charge >= 0.3 is 0 Å². The molecule has 1 aromatic heterocycles. The summed E-state index contributed by atoms with van der Waals surface area (Å²) in [5, 5.41) is 6.77. The number of hydrogen-bond acceptors (Lipinski definition) is 4. The van der Waals surface area contributed by atoms with Crippen LogP contribution in [-0.2, 0) is 19.4 Å². The lowest BCUT2D eigenvalue weighted by Gasteiger charge is -2.23. The topological polar surface area (TPSA) is 75.4 Å². The number of anilines is 1. The lowest BCUT2D eigenvalue weighted by molar-refractivity contribution is 0.0940. The lowest BCUT2D eigenvalue weighted by Crippen LogP contribution is -2.35. The summed E-state index contributed by atoms with van der Waals surface area (Å²) in [6, 6.07) is 17.1. The smallest absolute Gasteiger partial charge is 0.273 e. The third-order valence-electron chi connectivity index (χ3n) is 5.46. The minimum atomic E-state index is -0.273. The molecule has 4 rings (SSSR count). The fourth-order valence-electron chi connectivity index (χ4n) is 3.98. The predicted molar refractivity (Wildman–Crippen MR) is 119 cm³/mol. The number of nitrogens with zero attached hydrogens (tertiary/aromatic N) is 2. The van der Waals surface area contributed by atoms with Crippen LogP contribution in [0.2, 0.25) is 0 Å². The number of benzene rings is 2. The van der Waals surface area contributed by atoms with Gasteiger partial charge in [0.1, 0.15) is 5.76 Å². The first-order valence-corrected chi connectivity index (χ1v) is 10.7. The number of rotatable bonds is 6. The van der Waals surface area contributed by atoms with Crippen LogP contribution < -0.4 is 10.2 Å². The Bertz CT molecular complexity index is 1090. The van der Waals surface area contributed by atoms with E-state index in [4.69, 9.17) is 4.52 Å². The Morgan fingerprint density at radius 2 is 1.94 bits per heavy atom. The molecule has 0 radical (unpaired) electrons. The van der Waals surface area contributed by atoms with Gasteiger partial charge in [0, 0.05) is 36.3 Å². The molecule has 160 valence electrons. The molecule has 1 aliphatic heterocycles. The minimum Gasteiger partial charge on any atom is -0.361 e. The summed E-state index contributed by atoms with van der Waals surface area (Å²) in [5.74, 6) is 0.860. The summed E-state index contributed by atoms with van der Waals surface area (Å²) < 4.78 is 5.25. The lowest BCUT2D eigenvalue weighted by atomic mass is 10.1. The molecular weight excluding hydrogens is 390 g/mol. The zero-order valence-corrected chi connectivity index (χ0v) is 18.1. The van der Waals surface area contributed by atoms with Gasteiger partial charge in [-0.3, -0.25) is 9.59 Å². The standard InChI is InChI=1S/C25H27N3O3/c1-16(2)11-21-14-22(27-31-21)24(29)26-15-18-9-10-20-12-17(3)28(23(20)13-18)25(30)19-7-5-4-6-8-19/h4-10,13-14,16-17H,11-12,15H2,1-3H3,(H,26,29)/t17-/m1/s1. The maximum atomic E-state index is 13.1. The van der Waals surface area contributed by atoms with Crippen LogP contribution in [0, 0.1) is 5.92 Å². The van der Waals surface area contributed by atoms with Crippen molar-refractivity contribution in [1.29, 1.82) is 0 Å². The molecule has 6 heteroatoms. The van der Waals surface area contributed by atoms with Crippen LogP contribution in [0.1, 0.15) is 58.5 Å². The average molecular weight is 418 g/mol. The van der Waals surface area contributed by atoms with Crippen LogP contribution in [0.25, 0.3) is 0 Å². The number of aromatic nitrogens is 1. The Morgan fingerprint density at radius 1 is 1.16 bits per heavy atom. The van der Waals surface area contributed by atoms with E-state index in [1.807, 2.05) is 53.4 Å². The molecule has 0 saturated carbocycles. The number of nitrogens with one attached hydrogen (secondary N) is 1. The fraction of sp³-hybridized carbons (Fsp3) is 0.320. The Morgan fingerprint density at radius 3 is 2.68 bits per heavy atom.